The van der Waals surface area contributed by atoms with E-state index in [1.807, 2.05) is 18.2 Å². The van der Waals surface area contributed by atoms with Crippen LogP contribution in [0.2, 0.25) is 5.02 Å². The van der Waals surface area contributed by atoms with Gasteiger partial charge in [-0.15, -0.1) is 0 Å². The molecule has 0 aromatic heterocycles. The fourth-order valence-corrected chi connectivity index (χ4v) is 2.17. The predicted octanol–water partition coefficient (Wildman–Crippen LogP) is 3.65. The molecule has 0 aliphatic heterocycles. The van der Waals surface area contributed by atoms with Crippen molar-refractivity contribution in [3.05, 3.63) is 34.9 Å². The molecule has 2 N–H and O–H groups in total. The summed E-state index contributed by atoms with van der Waals surface area (Å²) in [6.45, 7) is 5.15. The van der Waals surface area contributed by atoms with Gasteiger partial charge < -0.3 is 5.73 Å². The summed E-state index contributed by atoms with van der Waals surface area (Å²) in [5.74, 6) is 0. The molecule has 2 heteroatoms. The molecule has 0 aliphatic carbocycles. The minimum absolute atomic E-state index is 0.180. The number of rotatable bonds is 5. The van der Waals surface area contributed by atoms with Crippen LogP contribution in [0.15, 0.2) is 24.3 Å². The summed E-state index contributed by atoms with van der Waals surface area (Å²) in [5, 5.41) is 0.855. The molecule has 0 bridgehead atoms. The summed E-state index contributed by atoms with van der Waals surface area (Å²) < 4.78 is 0. The highest BCUT2D eigenvalue weighted by molar-refractivity contribution is 6.31. The van der Waals surface area contributed by atoms with E-state index >= 15 is 0 Å². The number of nitrogens with two attached hydrogens (primary N) is 1. The highest BCUT2D eigenvalue weighted by Crippen LogP contribution is 2.29. The molecule has 15 heavy (non-hydrogen) atoms. The monoisotopic (exact) mass is 225 g/mol. The van der Waals surface area contributed by atoms with Gasteiger partial charge in [-0.3, -0.25) is 0 Å². The molecule has 1 atom stereocenters. The van der Waals surface area contributed by atoms with Crippen LogP contribution in [0, 0.1) is 5.41 Å². The van der Waals surface area contributed by atoms with Crippen molar-refractivity contribution in [3.63, 3.8) is 0 Å². The maximum Gasteiger partial charge on any atom is 0.0438 e. The Kier molecular flexibility index (Phi) is 4.62. The van der Waals surface area contributed by atoms with Crippen LogP contribution in [0.5, 0.6) is 0 Å². The molecule has 1 unspecified atom stereocenters. The quantitative estimate of drug-likeness (QED) is 0.814. The van der Waals surface area contributed by atoms with E-state index in [1.54, 1.807) is 0 Å². The molecule has 0 amide bonds. The number of halogens is 1. The molecule has 1 aromatic carbocycles. The standard InChI is InChI=1S/C13H20ClN/c1-3-8-13(2,10-15)9-11-6-4-5-7-12(11)14/h4-7H,3,8-10,15H2,1-2H3. The molecule has 1 aromatic rings. The summed E-state index contributed by atoms with van der Waals surface area (Å²) in [6.07, 6.45) is 3.28. The van der Waals surface area contributed by atoms with Gasteiger partial charge in [0.2, 0.25) is 0 Å². The first-order chi connectivity index (χ1) is 7.11. The average molecular weight is 226 g/mol. The van der Waals surface area contributed by atoms with Crippen molar-refractivity contribution in [2.45, 2.75) is 33.1 Å². The van der Waals surface area contributed by atoms with Gasteiger partial charge in [0, 0.05) is 5.02 Å². The van der Waals surface area contributed by atoms with E-state index in [0.717, 1.165) is 24.3 Å². The van der Waals surface area contributed by atoms with Crippen molar-refractivity contribution in [1.82, 2.24) is 0 Å². The van der Waals surface area contributed by atoms with Crippen LogP contribution in [-0.2, 0) is 6.42 Å². The van der Waals surface area contributed by atoms with Gasteiger partial charge >= 0.3 is 0 Å². The zero-order valence-corrected chi connectivity index (χ0v) is 10.3. The molecule has 0 radical (unpaired) electrons. The Morgan fingerprint density at radius 2 is 2.00 bits per heavy atom. The van der Waals surface area contributed by atoms with Crippen LogP contribution < -0.4 is 5.73 Å². The Morgan fingerprint density at radius 1 is 1.33 bits per heavy atom. The number of hydrogen-bond donors (Lipinski definition) is 1. The highest BCUT2D eigenvalue weighted by Gasteiger charge is 2.22. The molecule has 0 saturated heterocycles. The first kappa shape index (κ1) is 12.5. The zero-order valence-electron chi connectivity index (χ0n) is 9.59. The zero-order chi connectivity index (χ0) is 11.3. The number of benzene rings is 1. The SMILES string of the molecule is CCCC(C)(CN)Cc1ccccc1Cl. The Bertz CT molecular complexity index is 311. The molecular formula is C13H20ClN. The van der Waals surface area contributed by atoms with Crippen LogP contribution in [0.25, 0.3) is 0 Å². The number of hydrogen-bond acceptors (Lipinski definition) is 1. The Balaban J connectivity index is 2.79. The van der Waals surface area contributed by atoms with Crippen molar-refractivity contribution >= 4 is 11.6 Å². The second-order valence-corrected chi connectivity index (χ2v) is 4.94. The minimum Gasteiger partial charge on any atom is -0.330 e. The molecule has 1 rings (SSSR count). The summed E-state index contributed by atoms with van der Waals surface area (Å²) >= 11 is 6.15. The van der Waals surface area contributed by atoms with Gasteiger partial charge in [0.05, 0.1) is 0 Å². The van der Waals surface area contributed by atoms with Crippen LogP contribution in [0.1, 0.15) is 32.3 Å². The van der Waals surface area contributed by atoms with Gasteiger partial charge in [0.25, 0.3) is 0 Å². The molecule has 0 heterocycles. The third-order valence-electron chi connectivity index (χ3n) is 2.92. The first-order valence-electron chi connectivity index (χ1n) is 5.55. The minimum atomic E-state index is 0.180. The van der Waals surface area contributed by atoms with Gasteiger partial charge in [-0.05, 0) is 36.4 Å². The Morgan fingerprint density at radius 3 is 2.53 bits per heavy atom. The largest absolute Gasteiger partial charge is 0.330 e. The van der Waals surface area contributed by atoms with E-state index in [4.69, 9.17) is 17.3 Å². The lowest BCUT2D eigenvalue weighted by atomic mass is 9.80. The topological polar surface area (TPSA) is 26.0 Å². The highest BCUT2D eigenvalue weighted by atomic mass is 35.5. The molecule has 0 fully saturated rings. The normalized spacial score (nSPS) is 14.9. The lowest BCUT2D eigenvalue weighted by Gasteiger charge is -2.28. The maximum absolute atomic E-state index is 6.15. The van der Waals surface area contributed by atoms with E-state index in [2.05, 4.69) is 19.9 Å². The van der Waals surface area contributed by atoms with Gasteiger partial charge in [0.1, 0.15) is 0 Å². The van der Waals surface area contributed by atoms with Gasteiger partial charge in [-0.25, -0.2) is 0 Å². The average Bonchev–Trinajstić information content (AvgIpc) is 2.22. The van der Waals surface area contributed by atoms with Crippen LogP contribution in [0.4, 0.5) is 0 Å². The van der Waals surface area contributed by atoms with E-state index in [-0.39, 0.29) is 5.41 Å². The summed E-state index contributed by atoms with van der Waals surface area (Å²) in [4.78, 5) is 0. The predicted molar refractivity (Wildman–Crippen MR) is 67.2 cm³/mol. The Hall–Kier alpha value is -0.530. The van der Waals surface area contributed by atoms with Crippen LogP contribution in [0.3, 0.4) is 0 Å². The molecule has 0 spiro atoms. The van der Waals surface area contributed by atoms with Crippen LogP contribution >= 0.6 is 11.6 Å². The smallest absolute Gasteiger partial charge is 0.0438 e. The lowest BCUT2D eigenvalue weighted by molar-refractivity contribution is 0.302. The van der Waals surface area contributed by atoms with Gasteiger partial charge in [0.15, 0.2) is 0 Å². The van der Waals surface area contributed by atoms with Crippen molar-refractivity contribution in [2.75, 3.05) is 6.54 Å². The first-order valence-corrected chi connectivity index (χ1v) is 5.92. The third-order valence-corrected chi connectivity index (χ3v) is 3.29. The van der Waals surface area contributed by atoms with E-state index in [0.29, 0.717) is 6.54 Å². The van der Waals surface area contributed by atoms with Crippen molar-refractivity contribution < 1.29 is 0 Å². The fourth-order valence-electron chi connectivity index (χ4n) is 1.97. The maximum atomic E-state index is 6.15. The second kappa shape index (κ2) is 5.53. The molecule has 1 nitrogen and oxygen atoms in total. The lowest BCUT2D eigenvalue weighted by Crippen LogP contribution is -2.29. The van der Waals surface area contributed by atoms with Crippen molar-refractivity contribution in [1.29, 1.82) is 0 Å². The second-order valence-electron chi connectivity index (χ2n) is 4.53. The molecular weight excluding hydrogens is 206 g/mol. The van der Waals surface area contributed by atoms with E-state index in [1.165, 1.54) is 5.56 Å². The fraction of sp³-hybridized carbons (Fsp3) is 0.538. The third kappa shape index (κ3) is 3.51. The van der Waals surface area contributed by atoms with Crippen LogP contribution in [-0.4, -0.2) is 6.54 Å². The Labute approximate surface area is 97.6 Å². The summed E-state index contributed by atoms with van der Waals surface area (Å²) in [6, 6.07) is 8.03. The van der Waals surface area contributed by atoms with Gasteiger partial charge in [-0.1, -0.05) is 50.1 Å². The van der Waals surface area contributed by atoms with Crippen molar-refractivity contribution in [2.24, 2.45) is 11.1 Å². The summed E-state index contributed by atoms with van der Waals surface area (Å²) in [7, 11) is 0. The van der Waals surface area contributed by atoms with E-state index < -0.39 is 0 Å². The van der Waals surface area contributed by atoms with E-state index in [9.17, 15) is 0 Å². The van der Waals surface area contributed by atoms with Crippen molar-refractivity contribution in [3.8, 4) is 0 Å². The van der Waals surface area contributed by atoms with Gasteiger partial charge in [-0.2, -0.15) is 0 Å². The summed E-state index contributed by atoms with van der Waals surface area (Å²) in [5.41, 5.74) is 7.24. The molecule has 0 saturated carbocycles. The molecule has 84 valence electrons. The molecule has 0 aliphatic rings.